The molecule has 94 valence electrons. The Bertz CT molecular complexity index is 437. The normalized spacial score (nSPS) is 13.9. The zero-order chi connectivity index (χ0) is 11.7. The Kier molecular flexibility index (Phi) is 5.07. The molecule has 1 amide bonds. The van der Waals surface area contributed by atoms with E-state index in [-0.39, 0.29) is 24.9 Å². The fourth-order valence-corrected chi connectivity index (χ4v) is 2.52. The summed E-state index contributed by atoms with van der Waals surface area (Å²) in [5.74, 6) is -0.0448. The highest BCUT2D eigenvalue weighted by atomic mass is 35.5. The summed E-state index contributed by atoms with van der Waals surface area (Å²) in [5.41, 5.74) is 7.45. The molecule has 0 fully saturated rings. The van der Waals surface area contributed by atoms with Gasteiger partial charge in [-0.1, -0.05) is 23.2 Å². The molecule has 0 aliphatic carbocycles. The number of carbonyl (C=O) groups is 1. The van der Waals surface area contributed by atoms with Crippen molar-refractivity contribution in [1.29, 1.82) is 0 Å². The second kappa shape index (κ2) is 5.91. The van der Waals surface area contributed by atoms with Crippen LogP contribution >= 0.6 is 35.6 Å². The molecule has 0 saturated heterocycles. The van der Waals surface area contributed by atoms with E-state index in [1.54, 1.807) is 11.0 Å². The Labute approximate surface area is 116 Å². The van der Waals surface area contributed by atoms with Gasteiger partial charge in [-0.2, -0.15) is 0 Å². The van der Waals surface area contributed by atoms with Gasteiger partial charge in [-0.25, -0.2) is 0 Å². The Hall–Kier alpha value is -0.480. The van der Waals surface area contributed by atoms with Gasteiger partial charge in [0.05, 0.1) is 6.54 Å². The van der Waals surface area contributed by atoms with Gasteiger partial charge in [0.1, 0.15) is 0 Å². The molecule has 6 heteroatoms. The van der Waals surface area contributed by atoms with Crippen LogP contribution in [0.5, 0.6) is 0 Å². The number of benzene rings is 1. The van der Waals surface area contributed by atoms with Gasteiger partial charge in [-0.3, -0.25) is 4.79 Å². The molecule has 0 aromatic heterocycles. The largest absolute Gasteiger partial charge is 0.337 e. The summed E-state index contributed by atoms with van der Waals surface area (Å²) in [6, 6.07) is 3.62. The molecule has 1 aromatic rings. The lowest BCUT2D eigenvalue weighted by Gasteiger charge is -2.29. The van der Waals surface area contributed by atoms with E-state index in [4.69, 9.17) is 28.9 Å². The zero-order valence-corrected chi connectivity index (χ0v) is 11.4. The van der Waals surface area contributed by atoms with Crippen molar-refractivity contribution in [3.8, 4) is 0 Å². The van der Waals surface area contributed by atoms with Crippen molar-refractivity contribution < 1.29 is 4.79 Å². The van der Waals surface area contributed by atoms with Crippen LogP contribution in [-0.4, -0.2) is 23.9 Å². The van der Waals surface area contributed by atoms with Crippen LogP contribution < -0.4 is 5.73 Å². The van der Waals surface area contributed by atoms with Gasteiger partial charge in [-0.15, -0.1) is 12.4 Å². The molecule has 0 spiro atoms. The third kappa shape index (κ3) is 3.05. The van der Waals surface area contributed by atoms with E-state index in [9.17, 15) is 4.79 Å². The molecule has 1 heterocycles. The molecular formula is C11H13Cl3N2O. The summed E-state index contributed by atoms with van der Waals surface area (Å²) in [7, 11) is 0. The molecule has 0 atom stereocenters. The number of nitrogens with two attached hydrogens (primary N) is 1. The van der Waals surface area contributed by atoms with Gasteiger partial charge in [0.25, 0.3) is 0 Å². The van der Waals surface area contributed by atoms with Crippen molar-refractivity contribution in [2.24, 2.45) is 5.73 Å². The second-order valence-corrected chi connectivity index (χ2v) is 4.64. The maximum Gasteiger partial charge on any atom is 0.236 e. The molecule has 1 aliphatic rings. The molecule has 1 aromatic carbocycles. The number of hydrogen-bond acceptors (Lipinski definition) is 2. The van der Waals surface area contributed by atoms with Crippen LogP contribution in [0.15, 0.2) is 12.1 Å². The lowest BCUT2D eigenvalue weighted by Crippen LogP contribution is -2.39. The van der Waals surface area contributed by atoms with Crippen LogP contribution in [0, 0.1) is 0 Å². The lowest BCUT2D eigenvalue weighted by molar-refractivity contribution is -0.130. The van der Waals surface area contributed by atoms with Crippen molar-refractivity contribution in [3.05, 3.63) is 33.3 Å². The fraction of sp³-hybridized carbons (Fsp3) is 0.364. The molecule has 0 unspecified atom stereocenters. The highest BCUT2D eigenvalue weighted by molar-refractivity contribution is 6.35. The minimum absolute atomic E-state index is 0. The zero-order valence-electron chi connectivity index (χ0n) is 9.08. The van der Waals surface area contributed by atoms with Crippen molar-refractivity contribution >= 4 is 41.5 Å². The predicted octanol–water partition coefficient (Wildman–Crippen LogP) is 2.26. The third-order valence-corrected chi connectivity index (χ3v) is 3.34. The maximum atomic E-state index is 11.5. The van der Waals surface area contributed by atoms with E-state index in [2.05, 4.69) is 0 Å². The van der Waals surface area contributed by atoms with Crippen molar-refractivity contribution in [2.45, 2.75) is 13.0 Å². The predicted molar refractivity (Wildman–Crippen MR) is 71.9 cm³/mol. The van der Waals surface area contributed by atoms with E-state index in [1.165, 1.54) is 0 Å². The average molecular weight is 296 g/mol. The van der Waals surface area contributed by atoms with Gasteiger partial charge in [0, 0.05) is 23.1 Å². The Morgan fingerprint density at radius 1 is 1.41 bits per heavy atom. The number of rotatable bonds is 1. The minimum Gasteiger partial charge on any atom is -0.337 e. The standard InChI is InChI=1S/C11H12Cl2N2O.ClH/c12-8-3-7-1-2-15(11(16)5-14)6-9(7)10(13)4-8;/h3-4H,1-2,5-6,14H2;1H. The van der Waals surface area contributed by atoms with Crippen molar-refractivity contribution in [3.63, 3.8) is 0 Å². The molecule has 0 saturated carbocycles. The highest BCUT2D eigenvalue weighted by Crippen LogP contribution is 2.29. The quantitative estimate of drug-likeness (QED) is 0.864. The van der Waals surface area contributed by atoms with Gasteiger partial charge in [-0.05, 0) is 29.7 Å². The molecule has 2 N–H and O–H groups in total. The van der Waals surface area contributed by atoms with E-state index >= 15 is 0 Å². The first-order valence-electron chi connectivity index (χ1n) is 5.06. The number of hydrogen-bond donors (Lipinski definition) is 1. The Morgan fingerprint density at radius 3 is 2.76 bits per heavy atom. The number of amides is 1. The van der Waals surface area contributed by atoms with E-state index in [1.807, 2.05) is 6.07 Å². The first-order chi connectivity index (χ1) is 7.61. The molecule has 0 radical (unpaired) electrons. The van der Waals surface area contributed by atoms with Gasteiger partial charge >= 0.3 is 0 Å². The summed E-state index contributed by atoms with van der Waals surface area (Å²) in [6.07, 6.45) is 0.779. The SMILES string of the molecule is Cl.NCC(=O)N1CCc2cc(Cl)cc(Cl)c2C1. The summed E-state index contributed by atoms with van der Waals surface area (Å²) in [5, 5.41) is 1.26. The fourth-order valence-electron chi connectivity index (χ4n) is 1.92. The first kappa shape index (κ1) is 14.6. The highest BCUT2D eigenvalue weighted by Gasteiger charge is 2.21. The van der Waals surface area contributed by atoms with Crippen molar-refractivity contribution in [1.82, 2.24) is 4.90 Å². The van der Waals surface area contributed by atoms with Crippen LogP contribution in [0.3, 0.4) is 0 Å². The number of carbonyl (C=O) groups excluding carboxylic acids is 1. The smallest absolute Gasteiger partial charge is 0.236 e. The van der Waals surface area contributed by atoms with Crippen LogP contribution in [0.25, 0.3) is 0 Å². The molecule has 2 rings (SSSR count). The van der Waals surface area contributed by atoms with Gasteiger partial charge < -0.3 is 10.6 Å². The van der Waals surface area contributed by atoms with Crippen LogP contribution in [0.4, 0.5) is 0 Å². The van der Waals surface area contributed by atoms with Crippen LogP contribution in [-0.2, 0) is 17.8 Å². The summed E-state index contributed by atoms with van der Waals surface area (Å²) in [6.45, 7) is 1.25. The van der Waals surface area contributed by atoms with E-state index < -0.39 is 0 Å². The number of fused-ring (bicyclic) bond motifs is 1. The van der Waals surface area contributed by atoms with E-state index in [0.717, 1.165) is 17.5 Å². The lowest BCUT2D eigenvalue weighted by atomic mass is 9.99. The third-order valence-electron chi connectivity index (χ3n) is 2.78. The van der Waals surface area contributed by atoms with Crippen LogP contribution in [0.1, 0.15) is 11.1 Å². The minimum atomic E-state index is -0.0448. The van der Waals surface area contributed by atoms with E-state index in [0.29, 0.717) is 23.1 Å². The molecule has 1 aliphatic heterocycles. The number of halogens is 3. The molecule has 0 bridgehead atoms. The Balaban J connectivity index is 0.00000144. The molecular weight excluding hydrogens is 282 g/mol. The molecule has 17 heavy (non-hydrogen) atoms. The summed E-state index contributed by atoms with van der Waals surface area (Å²) >= 11 is 12.0. The topological polar surface area (TPSA) is 46.3 Å². The average Bonchev–Trinajstić information content (AvgIpc) is 2.27. The van der Waals surface area contributed by atoms with Crippen LogP contribution in [0.2, 0.25) is 10.0 Å². The first-order valence-corrected chi connectivity index (χ1v) is 5.82. The summed E-state index contributed by atoms with van der Waals surface area (Å²) in [4.78, 5) is 13.2. The molecule has 3 nitrogen and oxygen atoms in total. The van der Waals surface area contributed by atoms with Gasteiger partial charge in [0.15, 0.2) is 0 Å². The summed E-state index contributed by atoms with van der Waals surface area (Å²) < 4.78 is 0. The maximum absolute atomic E-state index is 11.5. The monoisotopic (exact) mass is 294 g/mol. The second-order valence-electron chi connectivity index (χ2n) is 3.79. The van der Waals surface area contributed by atoms with Gasteiger partial charge in [0.2, 0.25) is 5.91 Å². The Morgan fingerprint density at radius 2 is 2.12 bits per heavy atom. The van der Waals surface area contributed by atoms with Crippen molar-refractivity contribution in [2.75, 3.05) is 13.1 Å². The number of nitrogens with zero attached hydrogens (tertiary/aromatic N) is 1.